The zero-order valence-corrected chi connectivity index (χ0v) is 17.3. The van der Waals surface area contributed by atoms with Gasteiger partial charge in [0.1, 0.15) is 0 Å². The number of furan rings is 1. The lowest BCUT2D eigenvalue weighted by molar-refractivity contribution is -0.115. The van der Waals surface area contributed by atoms with E-state index in [4.69, 9.17) is 4.42 Å². The molecule has 6 nitrogen and oxygen atoms in total. The molecule has 0 aliphatic heterocycles. The number of hydrogen-bond donors (Lipinski definition) is 1. The van der Waals surface area contributed by atoms with E-state index in [0.29, 0.717) is 16.7 Å². The number of amides is 1. The Labute approximate surface area is 177 Å². The van der Waals surface area contributed by atoms with E-state index in [-0.39, 0.29) is 17.6 Å². The van der Waals surface area contributed by atoms with Gasteiger partial charge in [0.25, 0.3) is 0 Å². The summed E-state index contributed by atoms with van der Waals surface area (Å²) in [5, 5.41) is 11.4. The number of hydrogen-bond acceptors (Lipinski definition) is 5. The monoisotopic (exact) mass is 432 g/mol. The van der Waals surface area contributed by atoms with E-state index in [9.17, 15) is 13.6 Å². The fourth-order valence-corrected chi connectivity index (χ4v) is 4.55. The van der Waals surface area contributed by atoms with Gasteiger partial charge in [-0.3, -0.25) is 9.36 Å². The second-order valence-electron chi connectivity index (χ2n) is 7.32. The lowest BCUT2D eigenvalue weighted by atomic mass is 9.95. The first-order valence-corrected chi connectivity index (χ1v) is 10.8. The zero-order valence-electron chi connectivity index (χ0n) is 16.5. The highest BCUT2D eigenvalue weighted by Crippen LogP contribution is 2.36. The molecule has 1 unspecified atom stereocenters. The maximum atomic E-state index is 13.4. The molecule has 1 N–H and O–H groups in total. The van der Waals surface area contributed by atoms with Gasteiger partial charge in [-0.05, 0) is 44.0 Å². The molecule has 30 heavy (non-hydrogen) atoms. The number of carbonyl (C=O) groups excluding carboxylic acids is 1. The van der Waals surface area contributed by atoms with E-state index in [0.717, 1.165) is 37.8 Å². The summed E-state index contributed by atoms with van der Waals surface area (Å²) in [6.07, 6.45) is 7.13. The third kappa shape index (κ3) is 4.40. The number of anilines is 1. The summed E-state index contributed by atoms with van der Waals surface area (Å²) in [5.41, 5.74) is 0.205. The summed E-state index contributed by atoms with van der Waals surface area (Å²) in [6, 6.07) is 7.17. The van der Waals surface area contributed by atoms with Crippen molar-refractivity contribution in [2.45, 2.75) is 55.5 Å². The average Bonchev–Trinajstić information content (AvgIpc) is 3.41. The van der Waals surface area contributed by atoms with Gasteiger partial charge in [0.15, 0.2) is 22.6 Å². The lowest BCUT2D eigenvalue weighted by Gasteiger charge is -2.25. The van der Waals surface area contributed by atoms with Crippen molar-refractivity contribution in [1.29, 1.82) is 0 Å². The van der Waals surface area contributed by atoms with Gasteiger partial charge in [0.05, 0.1) is 11.5 Å². The summed E-state index contributed by atoms with van der Waals surface area (Å²) in [7, 11) is 0. The summed E-state index contributed by atoms with van der Waals surface area (Å²) < 4.78 is 34.1. The van der Waals surface area contributed by atoms with Gasteiger partial charge >= 0.3 is 0 Å². The van der Waals surface area contributed by atoms with Crippen LogP contribution in [0.25, 0.3) is 11.6 Å². The first kappa shape index (κ1) is 20.6. The van der Waals surface area contributed by atoms with E-state index >= 15 is 0 Å². The highest BCUT2D eigenvalue weighted by Gasteiger charge is 2.27. The highest BCUT2D eigenvalue weighted by molar-refractivity contribution is 8.00. The molecule has 1 aliphatic rings. The molecule has 158 valence electrons. The Morgan fingerprint density at radius 2 is 2.00 bits per heavy atom. The molecule has 1 amide bonds. The standard InChI is InChI=1S/C21H22F2N4O2S/c1-13(20(28)24-14-9-10-16(22)17(23)12-14)30-21-26-25-19(18-8-5-11-29-18)27(21)15-6-3-2-4-7-15/h5,8-13,15H,2-4,6-7H2,1H3,(H,24,28). The molecule has 1 aliphatic carbocycles. The van der Waals surface area contributed by atoms with Crippen LogP contribution in [0, 0.1) is 11.6 Å². The third-order valence-corrected chi connectivity index (χ3v) is 6.24. The van der Waals surface area contributed by atoms with Gasteiger partial charge in [-0.2, -0.15) is 0 Å². The van der Waals surface area contributed by atoms with E-state index in [1.807, 2.05) is 6.07 Å². The van der Waals surface area contributed by atoms with Crippen molar-refractivity contribution < 1.29 is 18.0 Å². The quantitative estimate of drug-likeness (QED) is 0.525. The van der Waals surface area contributed by atoms with Crippen molar-refractivity contribution in [2.75, 3.05) is 5.32 Å². The van der Waals surface area contributed by atoms with Crippen molar-refractivity contribution in [3.05, 3.63) is 48.2 Å². The van der Waals surface area contributed by atoms with Gasteiger partial charge in [0.2, 0.25) is 11.7 Å². The van der Waals surface area contributed by atoms with Crippen molar-refractivity contribution in [3.8, 4) is 11.6 Å². The highest BCUT2D eigenvalue weighted by atomic mass is 32.2. The van der Waals surface area contributed by atoms with Crippen molar-refractivity contribution in [2.24, 2.45) is 0 Å². The average molecular weight is 432 g/mol. The molecule has 1 saturated carbocycles. The van der Waals surface area contributed by atoms with Gasteiger partial charge < -0.3 is 9.73 Å². The molecule has 1 aromatic carbocycles. The smallest absolute Gasteiger partial charge is 0.237 e. The van der Waals surface area contributed by atoms with Crippen molar-refractivity contribution in [3.63, 3.8) is 0 Å². The van der Waals surface area contributed by atoms with Crippen LogP contribution in [0.5, 0.6) is 0 Å². The number of carbonyl (C=O) groups is 1. The predicted octanol–water partition coefficient (Wildman–Crippen LogP) is 5.44. The normalized spacial score (nSPS) is 15.8. The Bertz CT molecular complexity index is 1020. The predicted molar refractivity (Wildman–Crippen MR) is 110 cm³/mol. The van der Waals surface area contributed by atoms with Crippen LogP contribution >= 0.6 is 11.8 Å². The molecule has 1 atom stereocenters. The topological polar surface area (TPSA) is 73.0 Å². The van der Waals surface area contributed by atoms with Crippen LogP contribution in [0.15, 0.2) is 46.2 Å². The second kappa shape index (κ2) is 8.99. The maximum absolute atomic E-state index is 13.4. The summed E-state index contributed by atoms with van der Waals surface area (Å²) >= 11 is 1.28. The van der Waals surface area contributed by atoms with Crippen molar-refractivity contribution in [1.82, 2.24) is 14.8 Å². The molecule has 2 heterocycles. The van der Waals surface area contributed by atoms with Gasteiger partial charge in [-0.1, -0.05) is 31.0 Å². The first-order valence-electron chi connectivity index (χ1n) is 9.94. The van der Waals surface area contributed by atoms with E-state index in [2.05, 4.69) is 20.1 Å². The molecule has 0 saturated heterocycles. The van der Waals surface area contributed by atoms with Crippen LogP contribution in [0.4, 0.5) is 14.5 Å². The number of aromatic nitrogens is 3. The minimum absolute atomic E-state index is 0.205. The summed E-state index contributed by atoms with van der Waals surface area (Å²) in [5.74, 6) is -1.00. The van der Waals surface area contributed by atoms with Gasteiger partial charge in [-0.25, -0.2) is 8.78 Å². The van der Waals surface area contributed by atoms with E-state index in [1.165, 1.54) is 24.2 Å². The second-order valence-corrected chi connectivity index (χ2v) is 8.63. The molecule has 0 bridgehead atoms. The Hall–Kier alpha value is -2.68. The Kier molecular flexibility index (Phi) is 6.17. The van der Waals surface area contributed by atoms with Crippen molar-refractivity contribution >= 4 is 23.4 Å². The number of nitrogens with zero attached hydrogens (tertiary/aromatic N) is 3. The van der Waals surface area contributed by atoms with Crippen LogP contribution in [0.1, 0.15) is 45.1 Å². The Morgan fingerprint density at radius 1 is 1.20 bits per heavy atom. The van der Waals surface area contributed by atoms with Crippen LogP contribution in [-0.4, -0.2) is 25.9 Å². The van der Waals surface area contributed by atoms with E-state index in [1.54, 1.807) is 19.3 Å². The van der Waals surface area contributed by atoms with E-state index < -0.39 is 16.9 Å². The van der Waals surface area contributed by atoms with Crippen LogP contribution in [-0.2, 0) is 4.79 Å². The number of thioether (sulfide) groups is 1. The Balaban J connectivity index is 1.54. The maximum Gasteiger partial charge on any atom is 0.237 e. The molecule has 1 fully saturated rings. The lowest BCUT2D eigenvalue weighted by Crippen LogP contribution is -2.23. The van der Waals surface area contributed by atoms with Gasteiger partial charge in [0, 0.05) is 17.8 Å². The SMILES string of the molecule is CC(Sc1nnc(-c2ccco2)n1C1CCCCC1)C(=O)Nc1ccc(F)c(F)c1. The zero-order chi connectivity index (χ0) is 21.1. The minimum Gasteiger partial charge on any atom is -0.461 e. The molecule has 0 radical (unpaired) electrons. The number of halogens is 2. The molecular formula is C21H22F2N4O2S. The first-order chi connectivity index (χ1) is 14.5. The molecule has 3 aromatic rings. The molecule has 2 aromatic heterocycles. The third-order valence-electron chi connectivity index (χ3n) is 5.18. The minimum atomic E-state index is -1.01. The fraction of sp³-hybridized carbons (Fsp3) is 0.381. The molecule has 9 heteroatoms. The summed E-state index contributed by atoms with van der Waals surface area (Å²) in [4.78, 5) is 12.6. The van der Waals surface area contributed by atoms with Gasteiger partial charge in [-0.15, -0.1) is 10.2 Å². The summed E-state index contributed by atoms with van der Waals surface area (Å²) in [6.45, 7) is 1.74. The number of rotatable bonds is 6. The van der Waals surface area contributed by atoms with Crippen LogP contribution in [0.2, 0.25) is 0 Å². The Morgan fingerprint density at radius 3 is 2.70 bits per heavy atom. The fourth-order valence-electron chi connectivity index (χ4n) is 3.63. The number of nitrogens with one attached hydrogen (secondary N) is 1. The van der Waals surface area contributed by atoms with Crippen LogP contribution < -0.4 is 5.32 Å². The molecule has 0 spiro atoms. The molecular weight excluding hydrogens is 410 g/mol. The molecule has 4 rings (SSSR count). The number of benzene rings is 1. The van der Waals surface area contributed by atoms with Crippen LogP contribution in [0.3, 0.4) is 0 Å². The largest absolute Gasteiger partial charge is 0.461 e.